The standard InChI is InChI=1S/C7H10N4/c1-2-11-7(9)6(3-4-8)5-10-11/h5H,2-3,9H2,1H3. The first-order valence-electron chi connectivity index (χ1n) is 3.46. The number of nitrogens with two attached hydrogens (primary N) is 1. The van der Waals surface area contributed by atoms with Crippen LogP contribution in [-0.4, -0.2) is 9.78 Å². The van der Waals surface area contributed by atoms with E-state index >= 15 is 0 Å². The van der Waals surface area contributed by atoms with E-state index in [9.17, 15) is 0 Å². The van der Waals surface area contributed by atoms with Gasteiger partial charge in [-0.3, -0.25) is 4.68 Å². The van der Waals surface area contributed by atoms with E-state index in [-0.39, 0.29) is 0 Å². The number of nitriles is 1. The van der Waals surface area contributed by atoms with E-state index in [4.69, 9.17) is 11.0 Å². The van der Waals surface area contributed by atoms with Gasteiger partial charge in [0.1, 0.15) is 5.82 Å². The maximum atomic E-state index is 8.38. The second-order valence-electron chi connectivity index (χ2n) is 2.21. The number of hydrogen-bond acceptors (Lipinski definition) is 3. The SMILES string of the molecule is CCn1ncc(CC#N)c1N. The Kier molecular flexibility index (Phi) is 2.12. The molecule has 0 aromatic carbocycles. The van der Waals surface area contributed by atoms with Crippen molar-refractivity contribution < 1.29 is 0 Å². The Bertz CT molecular complexity index is 281. The van der Waals surface area contributed by atoms with E-state index in [0.717, 1.165) is 12.1 Å². The minimum absolute atomic E-state index is 0.339. The van der Waals surface area contributed by atoms with Gasteiger partial charge in [0.15, 0.2) is 0 Å². The fraction of sp³-hybridized carbons (Fsp3) is 0.429. The van der Waals surface area contributed by atoms with E-state index in [1.54, 1.807) is 10.9 Å². The first-order valence-corrected chi connectivity index (χ1v) is 3.46. The smallest absolute Gasteiger partial charge is 0.125 e. The summed E-state index contributed by atoms with van der Waals surface area (Å²) in [5, 5.41) is 12.4. The summed E-state index contributed by atoms with van der Waals surface area (Å²) in [6.45, 7) is 2.71. The molecule has 1 rings (SSSR count). The molecule has 0 amide bonds. The fourth-order valence-electron chi connectivity index (χ4n) is 0.907. The predicted octanol–water partition coefficient (Wildman–Crippen LogP) is 0.551. The summed E-state index contributed by atoms with van der Waals surface area (Å²) in [7, 11) is 0. The Hall–Kier alpha value is -1.50. The molecule has 1 aromatic rings. The van der Waals surface area contributed by atoms with E-state index in [1.165, 1.54) is 0 Å². The van der Waals surface area contributed by atoms with Crippen LogP contribution in [-0.2, 0) is 13.0 Å². The number of nitrogen functional groups attached to an aromatic ring is 1. The number of hydrogen-bond donors (Lipinski definition) is 1. The van der Waals surface area contributed by atoms with Crippen molar-refractivity contribution in [2.75, 3.05) is 5.73 Å². The molecular weight excluding hydrogens is 140 g/mol. The highest BCUT2D eigenvalue weighted by molar-refractivity contribution is 5.40. The highest BCUT2D eigenvalue weighted by Gasteiger charge is 2.03. The lowest BCUT2D eigenvalue weighted by molar-refractivity contribution is 0.669. The number of aromatic nitrogens is 2. The average molecular weight is 150 g/mol. The second-order valence-corrected chi connectivity index (χ2v) is 2.21. The molecule has 0 aliphatic heterocycles. The third-order valence-corrected chi connectivity index (χ3v) is 1.53. The molecule has 0 unspecified atom stereocenters. The lowest BCUT2D eigenvalue weighted by Gasteiger charge is -1.97. The van der Waals surface area contributed by atoms with Crippen molar-refractivity contribution in [3.63, 3.8) is 0 Å². The van der Waals surface area contributed by atoms with Crippen LogP contribution in [0.3, 0.4) is 0 Å². The number of rotatable bonds is 2. The zero-order valence-corrected chi connectivity index (χ0v) is 6.41. The molecule has 4 nitrogen and oxygen atoms in total. The number of nitrogens with zero attached hydrogens (tertiary/aromatic N) is 3. The predicted molar refractivity (Wildman–Crippen MR) is 41.6 cm³/mol. The van der Waals surface area contributed by atoms with Gasteiger partial charge in [0, 0.05) is 12.1 Å². The average Bonchev–Trinajstić information content (AvgIpc) is 2.34. The van der Waals surface area contributed by atoms with Gasteiger partial charge in [0.25, 0.3) is 0 Å². The highest BCUT2D eigenvalue weighted by atomic mass is 15.3. The van der Waals surface area contributed by atoms with Crippen molar-refractivity contribution in [2.24, 2.45) is 0 Å². The molecule has 0 radical (unpaired) electrons. The van der Waals surface area contributed by atoms with Crippen molar-refractivity contribution in [3.8, 4) is 6.07 Å². The van der Waals surface area contributed by atoms with Crippen molar-refractivity contribution >= 4 is 5.82 Å². The van der Waals surface area contributed by atoms with E-state index in [2.05, 4.69) is 5.10 Å². The molecule has 0 aliphatic rings. The van der Waals surface area contributed by atoms with E-state index in [1.807, 2.05) is 13.0 Å². The third-order valence-electron chi connectivity index (χ3n) is 1.53. The van der Waals surface area contributed by atoms with Gasteiger partial charge in [-0.05, 0) is 6.92 Å². The molecule has 0 bridgehead atoms. The lowest BCUT2D eigenvalue weighted by atomic mass is 10.2. The van der Waals surface area contributed by atoms with Gasteiger partial charge in [-0.25, -0.2) is 0 Å². The quantitative estimate of drug-likeness (QED) is 0.669. The van der Waals surface area contributed by atoms with Gasteiger partial charge < -0.3 is 5.73 Å². The maximum absolute atomic E-state index is 8.38. The van der Waals surface area contributed by atoms with Crippen LogP contribution in [0.4, 0.5) is 5.82 Å². The van der Waals surface area contributed by atoms with Crippen LogP contribution in [0.15, 0.2) is 6.20 Å². The first kappa shape index (κ1) is 7.61. The van der Waals surface area contributed by atoms with Crippen molar-refractivity contribution in [2.45, 2.75) is 19.9 Å². The molecule has 0 spiro atoms. The number of anilines is 1. The van der Waals surface area contributed by atoms with Crippen LogP contribution in [0.5, 0.6) is 0 Å². The maximum Gasteiger partial charge on any atom is 0.125 e. The van der Waals surface area contributed by atoms with Crippen molar-refractivity contribution in [1.82, 2.24) is 9.78 Å². The molecule has 0 atom stereocenters. The molecule has 11 heavy (non-hydrogen) atoms. The van der Waals surface area contributed by atoms with Gasteiger partial charge >= 0.3 is 0 Å². The summed E-state index contributed by atoms with van der Waals surface area (Å²) in [5.74, 6) is 0.606. The third kappa shape index (κ3) is 1.32. The summed E-state index contributed by atoms with van der Waals surface area (Å²) in [5.41, 5.74) is 6.46. The summed E-state index contributed by atoms with van der Waals surface area (Å²) >= 11 is 0. The highest BCUT2D eigenvalue weighted by Crippen LogP contribution is 2.10. The van der Waals surface area contributed by atoms with Crippen molar-refractivity contribution in [1.29, 1.82) is 5.26 Å². The summed E-state index contributed by atoms with van der Waals surface area (Å²) < 4.78 is 1.67. The Labute approximate surface area is 65.2 Å². The van der Waals surface area contributed by atoms with Crippen LogP contribution < -0.4 is 5.73 Å². The van der Waals surface area contributed by atoms with Gasteiger partial charge in [-0.1, -0.05) is 0 Å². The second kappa shape index (κ2) is 3.06. The Morgan fingerprint density at radius 1 is 1.82 bits per heavy atom. The molecule has 4 heteroatoms. The zero-order valence-electron chi connectivity index (χ0n) is 6.41. The Morgan fingerprint density at radius 2 is 2.55 bits per heavy atom. The topological polar surface area (TPSA) is 67.6 Å². The van der Waals surface area contributed by atoms with E-state index < -0.39 is 0 Å². The minimum atomic E-state index is 0.339. The molecule has 58 valence electrons. The lowest BCUT2D eigenvalue weighted by Crippen LogP contribution is -2.02. The summed E-state index contributed by atoms with van der Waals surface area (Å²) in [4.78, 5) is 0. The normalized spacial score (nSPS) is 9.45. The molecule has 1 heterocycles. The molecule has 0 aliphatic carbocycles. The van der Waals surface area contributed by atoms with Crippen LogP contribution in [0.25, 0.3) is 0 Å². The zero-order chi connectivity index (χ0) is 8.27. The minimum Gasteiger partial charge on any atom is -0.384 e. The molecule has 1 aromatic heterocycles. The molecule has 2 N–H and O–H groups in total. The number of aryl methyl sites for hydroxylation is 1. The monoisotopic (exact) mass is 150 g/mol. The first-order chi connectivity index (χ1) is 5.29. The van der Waals surface area contributed by atoms with Gasteiger partial charge in [-0.2, -0.15) is 10.4 Å². The fourth-order valence-corrected chi connectivity index (χ4v) is 0.907. The molecule has 0 saturated heterocycles. The Morgan fingerprint density at radius 3 is 3.00 bits per heavy atom. The van der Waals surface area contributed by atoms with Crippen LogP contribution in [0.1, 0.15) is 12.5 Å². The van der Waals surface area contributed by atoms with E-state index in [0.29, 0.717) is 12.2 Å². The van der Waals surface area contributed by atoms with Crippen molar-refractivity contribution in [3.05, 3.63) is 11.8 Å². The van der Waals surface area contributed by atoms with Gasteiger partial charge in [0.05, 0.1) is 18.7 Å². The summed E-state index contributed by atoms with van der Waals surface area (Å²) in [6, 6.07) is 2.03. The molecular formula is C7H10N4. The largest absolute Gasteiger partial charge is 0.384 e. The van der Waals surface area contributed by atoms with Gasteiger partial charge in [0.2, 0.25) is 0 Å². The molecule has 0 fully saturated rings. The van der Waals surface area contributed by atoms with Crippen LogP contribution >= 0.6 is 0 Å². The summed E-state index contributed by atoms with van der Waals surface area (Å²) in [6.07, 6.45) is 1.98. The van der Waals surface area contributed by atoms with Crippen LogP contribution in [0, 0.1) is 11.3 Å². The van der Waals surface area contributed by atoms with Gasteiger partial charge in [-0.15, -0.1) is 0 Å². The Balaban J connectivity index is 2.93. The van der Waals surface area contributed by atoms with Crippen LogP contribution in [0.2, 0.25) is 0 Å². The molecule has 0 saturated carbocycles.